The van der Waals surface area contributed by atoms with Crippen LogP contribution in [0.3, 0.4) is 0 Å². The van der Waals surface area contributed by atoms with Gasteiger partial charge in [0.05, 0.1) is 24.1 Å². The van der Waals surface area contributed by atoms with E-state index in [0.29, 0.717) is 35.5 Å². The minimum absolute atomic E-state index is 0.0894. The minimum atomic E-state index is -0.526. The van der Waals surface area contributed by atoms with Gasteiger partial charge >= 0.3 is 6.03 Å². The van der Waals surface area contributed by atoms with E-state index in [-0.39, 0.29) is 43.1 Å². The maximum absolute atomic E-state index is 13.3. The Bertz CT molecular complexity index is 1080. The molecule has 10 heteroatoms. The van der Waals surface area contributed by atoms with Crippen LogP contribution in [0.2, 0.25) is 0 Å². The number of carbonyl (C=O) groups is 3. The third-order valence-electron chi connectivity index (χ3n) is 6.06. The van der Waals surface area contributed by atoms with Crippen LogP contribution in [0.1, 0.15) is 29.6 Å². The molecule has 1 fully saturated rings. The first-order valence-electron chi connectivity index (χ1n) is 11.1. The van der Waals surface area contributed by atoms with Crippen LogP contribution in [0, 0.1) is 5.82 Å². The van der Waals surface area contributed by atoms with Crippen LogP contribution in [0.25, 0.3) is 0 Å². The number of halogens is 1. The Morgan fingerprint density at radius 1 is 1.09 bits per heavy atom. The molecule has 2 aromatic rings. The smallest absolute Gasteiger partial charge is 0.323 e. The first kappa shape index (κ1) is 23.5. The van der Waals surface area contributed by atoms with Crippen LogP contribution in [-0.4, -0.2) is 61.7 Å². The van der Waals surface area contributed by atoms with Crippen LogP contribution >= 0.6 is 0 Å². The zero-order valence-corrected chi connectivity index (χ0v) is 19.0. The number of ether oxygens (including phenoxy) is 2. The molecule has 3 atom stereocenters. The van der Waals surface area contributed by atoms with Gasteiger partial charge in [0.2, 0.25) is 5.91 Å². The Kier molecular flexibility index (Phi) is 6.97. The van der Waals surface area contributed by atoms with E-state index in [1.54, 1.807) is 37.2 Å². The van der Waals surface area contributed by atoms with E-state index < -0.39 is 11.8 Å². The predicted octanol–water partition coefficient (Wildman–Crippen LogP) is 2.99. The number of hydrogen-bond acceptors (Lipinski definition) is 5. The molecule has 9 nitrogen and oxygen atoms in total. The average Bonchev–Trinajstić information content (AvgIpc) is 2.83. The number of nitrogens with zero attached hydrogens (tertiary/aromatic N) is 1. The summed E-state index contributed by atoms with van der Waals surface area (Å²) in [6, 6.07) is 9.49. The molecule has 2 aliphatic heterocycles. The number of rotatable bonds is 4. The summed E-state index contributed by atoms with van der Waals surface area (Å²) >= 11 is 0. The number of urea groups is 1. The summed E-state index contributed by atoms with van der Waals surface area (Å²) in [6.45, 7) is 0.233. The van der Waals surface area contributed by atoms with Gasteiger partial charge in [-0.15, -0.1) is 0 Å². The number of benzene rings is 2. The summed E-state index contributed by atoms with van der Waals surface area (Å²) in [5.74, 6) is -0.353. The summed E-state index contributed by atoms with van der Waals surface area (Å²) in [6.07, 6.45) is 1.03. The fourth-order valence-electron chi connectivity index (χ4n) is 4.24. The Morgan fingerprint density at radius 3 is 2.53 bits per heavy atom. The predicted molar refractivity (Wildman–Crippen MR) is 123 cm³/mol. The normalized spacial score (nSPS) is 21.8. The molecule has 0 aliphatic carbocycles. The van der Waals surface area contributed by atoms with Gasteiger partial charge in [-0.2, -0.15) is 0 Å². The third kappa shape index (κ3) is 5.28. The second-order valence-corrected chi connectivity index (χ2v) is 8.34. The second-order valence-electron chi connectivity index (χ2n) is 8.34. The SMILES string of the molecule is CNC(=O)C[C@@H]1CC[C@H]2[C@H](COc3ccc(NC(=O)Nc4ccc(F)cc4)cc3C(=O)N2C)O1. The van der Waals surface area contributed by atoms with Crippen LogP contribution in [0.15, 0.2) is 42.5 Å². The van der Waals surface area contributed by atoms with Crippen LogP contribution in [0.4, 0.5) is 20.6 Å². The molecule has 0 spiro atoms. The molecule has 0 unspecified atom stereocenters. The van der Waals surface area contributed by atoms with Crippen LogP contribution in [0.5, 0.6) is 5.75 Å². The van der Waals surface area contributed by atoms with Gasteiger partial charge in [-0.05, 0) is 55.3 Å². The first-order valence-corrected chi connectivity index (χ1v) is 11.1. The Labute approximate surface area is 196 Å². The second kappa shape index (κ2) is 10.1. The van der Waals surface area contributed by atoms with E-state index in [4.69, 9.17) is 9.47 Å². The van der Waals surface area contributed by atoms with Gasteiger partial charge in [0, 0.05) is 25.5 Å². The molecule has 2 aromatic carbocycles. The maximum atomic E-state index is 13.3. The van der Waals surface area contributed by atoms with E-state index in [2.05, 4.69) is 16.0 Å². The highest BCUT2D eigenvalue weighted by Crippen LogP contribution is 2.32. The maximum Gasteiger partial charge on any atom is 0.323 e. The molecule has 2 heterocycles. The van der Waals surface area contributed by atoms with E-state index in [1.807, 2.05) is 0 Å². The molecule has 4 amide bonds. The highest BCUT2D eigenvalue weighted by Gasteiger charge is 2.39. The van der Waals surface area contributed by atoms with Crippen molar-refractivity contribution in [1.29, 1.82) is 0 Å². The fraction of sp³-hybridized carbons (Fsp3) is 0.375. The monoisotopic (exact) mass is 470 g/mol. The van der Waals surface area contributed by atoms with Crippen molar-refractivity contribution < 1.29 is 28.2 Å². The van der Waals surface area contributed by atoms with Crippen molar-refractivity contribution in [2.24, 2.45) is 0 Å². The lowest BCUT2D eigenvalue weighted by atomic mass is 9.94. The number of likely N-dealkylation sites (N-methyl/N-ethyl adjacent to an activating group) is 1. The molecular weight excluding hydrogens is 443 g/mol. The van der Waals surface area contributed by atoms with Gasteiger partial charge in [0.25, 0.3) is 5.91 Å². The standard InChI is InChI=1S/C24H27FN4O5/c1-26-22(30)12-17-8-9-19-21(34-17)13-33-20-10-7-16(11-18(20)23(31)29(19)2)28-24(32)27-15-5-3-14(25)4-6-15/h3-7,10-11,17,19,21H,8-9,12-13H2,1-2H3,(H,26,30)(H2,27,28,32)/t17-,19-,21-/m0/s1. The molecule has 0 saturated carbocycles. The number of nitrogens with one attached hydrogen (secondary N) is 3. The average molecular weight is 471 g/mol. The zero-order chi connectivity index (χ0) is 24.2. The van der Waals surface area contributed by atoms with Crippen molar-refractivity contribution in [3.05, 3.63) is 53.8 Å². The lowest BCUT2D eigenvalue weighted by Gasteiger charge is -2.42. The van der Waals surface area contributed by atoms with Gasteiger partial charge in [-0.1, -0.05) is 0 Å². The van der Waals surface area contributed by atoms with Gasteiger partial charge in [0.1, 0.15) is 24.3 Å². The van der Waals surface area contributed by atoms with Crippen LogP contribution in [-0.2, 0) is 9.53 Å². The van der Waals surface area contributed by atoms with E-state index in [1.165, 1.54) is 24.3 Å². The Balaban J connectivity index is 1.46. The van der Waals surface area contributed by atoms with Gasteiger partial charge < -0.3 is 30.3 Å². The number of anilines is 2. The van der Waals surface area contributed by atoms with Crippen molar-refractivity contribution in [2.45, 2.75) is 37.5 Å². The quantitative estimate of drug-likeness (QED) is 0.637. The number of hydrogen-bond donors (Lipinski definition) is 3. The molecule has 2 aliphatic rings. The topological polar surface area (TPSA) is 109 Å². The van der Waals surface area contributed by atoms with Crippen LogP contribution < -0.4 is 20.7 Å². The van der Waals surface area contributed by atoms with E-state index in [0.717, 1.165) is 0 Å². The molecule has 3 N–H and O–H groups in total. The van der Waals surface area contributed by atoms with E-state index >= 15 is 0 Å². The van der Waals surface area contributed by atoms with Crippen molar-refractivity contribution in [1.82, 2.24) is 10.2 Å². The molecule has 0 aromatic heterocycles. The largest absolute Gasteiger partial charge is 0.490 e. The first-order chi connectivity index (χ1) is 16.3. The third-order valence-corrected chi connectivity index (χ3v) is 6.06. The van der Waals surface area contributed by atoms with Crippen molar-refractivity contribution >= 4 is 29.2 Å². The summed E-state index contributed by atoms with van der Waals surface area (Å²) in [7, 11) is 3.31. The molecule has 4 rings (SSSR count). The molecule has 0 radical (unpaired) electrons. The lowest BCUT2D eigenvalue weighted by molar-refractivity contribution is -0.133. The molecule has 1 saturated heterocycles. The molecule has 34 heavy (non-hydrogen) atoms. The van der Waals surface area contributed by atoms with Crippen molar-refractivity contribution in [2.75, 3.05) is 31.3 Å². The summed E-state index contributed by atoms with van der Waals surface area (Å²) < 4.78 is 25.1. The Hall–Kier alpha value is -3.66. The molecular formula is C24H27FN4O5. The van der Waals surface area contributed by atoms with Gasteiger partial charge in [0.15, 0.2) is 0 Å². The number of amides is 4. The van der Waals surface area contributed by atoms with E-state index in [9.17, 15) is 18.8 Å². The fourth-order valence-corrected chi connectivity index (χ4v) is 4.24. The summed E-state index contributed by atoms with van der Waals surface area (Å²) in [5.41, 5.74) is 1.17. The zero-order valence-electron chi connectivity index (χ0n) is 19.0. The van der Waals surface area contributed by atoms with Crippen molar-refractivity contribution in [3.8, 4) is 5.75 Å². The summed E-state index contributed by atoms with van der Waals surface area (Å²) in [4.78, 5) is 39.0. The number of carbonyl (C=O) groups excluding carboxylic acids is 3. The highest BCUT2D eigenvalue weighted by atomic mass is 19.1. The molecule has 180 valence electrons. The van der Waals surface area contributed by atoms with Gasteiger partial charge in [-0.25, -0.2) is 9.18 Å². The molecule has 0 bridgehead atoms. The lowest BCUT2D eigenvalue weighted by Crippen LogP contribution is -2.53. The van der Waals surface area contributed by atoms with Crippen molar-refractivity contribution in [3.63, 3.8) is 0 Å². The Morgan fingerprint density at radius 2 is 1.79 bits per heavy atom. The van der Waals surface area contributed by atoms with Gasteiger partial charge in [-0.3, -0.25) is 9.59 Å². The number of fused-ring (bicyclic) bond motifs is 2. The summed E-state index contributed by atoms with van der Waals surface area (Å²) in [5, 5.41) is 7.90. The highest BCUT2D eigenvalue weighted by molar-refractivity contribution is 6.02. The minimum Gasteiger partial charge on any atom is -0.490 e.